The Kier molecular flexibility index (Phi) is 4.47. The van der Waals surface area contributed by atoms with Gasteiger partial charge in [-0.25, -0.2) is 4.98 Å². The van der Waals surface area contributed by atoms with E-state index in [4.69, 9.17) is 19.2 Å². The van der Waals surface area contributed by atoms with Crippen LogP contribution in [0, 0.1) is 0 Å². The second-order valence-electron chi connectivity index (χ2n) is 7.07. The van der Waals surface area contributed by atoms with Crippen molar-refractivity contribution in [3.8, 4) is 22.1 Å². The third-order valence-corrected chi connectivity index (χ3v) is 6.25. The Morgan fingerprint density at radius 1 is 1.30 bits per heavy atom. The zero-order chi connectivity index (χ0) is 18.2. The first kappa shape index (κ1) is 17.0. The number of benzene rings is 2. The first-order valence-electron chi connectivity index (χ1n) is 9.34. The van der Waals surface area contributed by atoms with Gasteiger partial charge in [-0.05, 0) is 37.1 Å². The molecule has 1 aromatic heterocycles. The van der Waals surface area contributed by atoms with Crippen molar-refractivity contribution in [2.24, 2.45) is 0 Å². The lowest BCUT2D eigenvalue weighted by Gasteiger charge is -2.31. The molecule has 2 aromatic carbocycles. The minimum Gasteiger partial charge on any atom is -0.493 e. The van der Waals surface area contributed by atoms with E-state index in [9.17, 15) is 0 Å². The van der Waals surface area contributed by atoms with Crippen LogP contribution in [-0.4, -0.2) is 43.0 Å². The van der Waals surface area contributed by atoms with Gasteiger partial charge in [0.1, 0.15) is 11.7 Å². The highest BCUT2D eigenvalue weighted by atomic mass is 32.1. The number of thiazole rings is 1. The number of hydrogen-bond acceptors (Lipinski definition) is 6. The Morgan fingerprint density at radius 2 is 2.22 bits per heavy atom. The third-order valence-electron chi connectivity index (χ3n) is 5.16. The van der Waals surface area contributed by atoms with Crippen molar-refractivity contribution in [3.05, 3.63) is 42.0 Å². The van der Waals surface area contributed by atoms with Crippen LogP contribution in [0.1, 0.15) is 18.4 Å². The summed E-state index contributed by atoms with van der Waals surface area (Å²) in [6.45, 7) is 3.20. The Balaban J connectivity index is 1.47. The number of hydrogen-bond donors (Lipinski definition) is 0. The fourth-order valence-electron chi connectivity index (χ4n) is 3.85. The molecule has 0 radical (unpaired) electrons. The average Bonchev–Trinajstić information content (AvgIpc) is 3.36. The molecule has 0 saturated carbocycles. The van der Waals surface area contributed by atoms with Gasteiger partial charge in [0, 0.05) is 30.8 Å². The number of para-hydroxylation sites is 1. The summed E-state index contributed by atoms with van der Waals surface area (Å²) < 4.78 is 18.7. The summed E-state index contributed by atoms with van der Waals surface area (Å²) in [4.78, 5) is 7.10. The fraction of sp³-hybridized carbons (Fsp3) is 0.381. The highest BCUT2D eigenvalue weighted by molar-refractivity contribution is 7.21. The monoisotopic (exact) mass is 382 g/mol. The van der Waals surface area contributed by atoms with E-state index in [1.165, 1.54) is 4.70 Å². The number of methoxy groups -OCH3 is 1. The molecule has 1 fully saturated rings. The highest BCUT2D eigenvalue weighted by Gasteiger charge is 2.26. The molecule has 3 heterocycles. The molecule has 0 amide bonds. The smallest absolute Gasteiger partial charge is 0.167 e. The van der Waals surface area contributed by atoms with Gasteiger partial charge in [0.2, 0.25) is 0 Å². The maximum absolute atomic E-state index is 6.05. The summed E-state index contributed by atoms with van der Waals surface area (Å²) in [7, 11) is 1.69. The predicted octanol–water partition coefficient (Wildman–Crippen LogP) is 4.30. The van der Waals surface area contributed by atoms with Crippen molar-refractivity contribution in [2.75, 3.05) is 27.0 Å². The minimum absolute atomic E-state index is 0.324. The molecule has 0 spiro atoms. The van der Waals surface area contributed by atoms with E-state index >= 15 is 0 Å². The van der Waals surface area contributed by atoms with Gasteiger partial charge in [0.15, 0.2) is 11.5 Å². The molecule has 27 heavy (non-hydrogen) atoms. The second kappa shape index (κ2) is 7.11. The van der Waals surface area contributed by atoms with Crippen molar-refractivity contribution in [3.63, 3.8) is 0 Å². The Hall–Kier alpha value is -2.15. The highest BCUT2D eigenvalue weighted by Crippen LogP contribution is 2.41. The lowest BCUT2D eigenvalue weighted by atomic mass is 10.1. The van der Waals surface area contributed by atoms with E-state index in [2.05, 4.69) is 29.2 Å². The lowest BCUT2D eigenvalue weighted by molar-refractivity contribution is 0.0269. The van der Waals surface area contributed by atoms with Crippen LogP contribution in [0.25, 0.3) is 20.8 Å². The molecular weight excluding hydrogens is 360 g/mol. The molecule has 6 heteroatoms. The fourth-order valence-corrected chi connectivity index (χ4v) is 4.80. The normalized spacial score (nSPS) is 19.8. The van der Waals surface area contributed by atoms with E-state index in [-0.39, 0.29) is 0 Å². The van der Waals surface area contributed by atoms with Crippen LogP contribution >= 0.6 is 11.3 Å². The predicted molar refractivity (Wildman–Crippen MR) is 106 cm³/mol. The molecule has 2 aliphatic rings. The molecule has 2 aliphatic heterocycles. The van der Waals surface area contributed by atoms with Crippen LogP contribution in [0.4, 0.5) is 0 Å². The number of rotatable bonds is 4. The summed E-state index contributed by atoms with van der Waals surface area (Å²) in [5, 5.41) is 1.01. The molecule has 1 saturated heterocycles. The van der Waals surface area contributed by atoms with Gasteiger partial charge in [-0.1, -0.05) is 12.1 Å². The first-order chi connectivity index (χ1) is 13.3. The van der Waals surface area contributed by atoms with Gasteiger partial charge in [-0.3, -0.25) is 4.90 Å². The average molecular weight is 382 g/mol. The molecule has 0 aliphatic carbocycles. The van der Waals surface area contributed by atoms with E-state index in [0.29, 0.717) is 12.8 Å². The van der Waals surface area contributed by atoms with Crippen molar-refractivity contribution >= 4 is 21.6 Å². The Labute approximate surface area is 162 Å². The van der Waals surface area contributed by atoms with Crippen LogP contribution in [0.15, 0.2) is 36.4 Å². The van der Waals surface area contributed by atoms with Gasteiger partial charge in [-0.2, -0.15) is 0 Å². The second-order valence-corrected chi connectivity index (χ2v) is 8.10. The third kappa shape index (κ3) is 3.29. The van der Waals surface area contributed by atoms with Gasteiger partial charge < -0.3 is 14.2 Å². The minimum atomic E-state index is 0.324. The zero-order valence-electron chi connectivity index (χ0n) is 15.3. The largest absolute Gasteiger partial charge is 0.493 e. The molecule has 3 aromatic rings. The molecule has 0 bridgehead atoms. The number of aromatic nitrogens is 1. The molecule has 5 rings (SSSR count). The van der Waals surface area contributed by atoms with Crippen molar-refractivity contribution in [1.29, 1.82) is 0 Å². The van der Waals surface area contributed by atoms with Gasteiger partial charge >= 0.3 is 0 Å². The van der Waals surface area contributed by atoms with Crippen molar-refractivity contribution in [2.45, 2.75) is 25.5 Å². The summed E-state index contributed by atoms with van der Waals surface area (Å²) in [5.41, 5.74) is 3.26. The molecule has 140 valence electrons. The zero-order valence-corrected chi connectivity index (χ0v) is 16.1. The number of ether oxygens (including phenoxy) is 3. The van der Waals surface area contributed by atoms with E-state index in [1.54, 1.807) is 18.4 Å². The lowest BCUT2D eigenvalue weighted by Crippen LogP contribution is -2.37. The summed E-state index contributed by atoms with van der Waals surface area (Å²) in [6, 6.07) is 12.5. The molecular formula is C21H22N2O3S. The van der Waals surface area contributed by atoms with Gasteiger partial charge in [-0.15, -0.1) is 11.3 Å². The van der Waals surface area contributed by atoms with Gasteiger partial charge in [0.25, 0.3) is 0 Å². The Morgan fingerprint density at radius 3 is 3.04 bits per heavy atom. The maximum Gasteiger partial charge on any atom is 0.167 e. The molecule has 5 nitrogen and oxygen atoms in total. The van der Waals surface area contributed by atoms with Crippen LogP contribution in [0.3, 0.4) is 0 Å². The summed E-state index contributed by atoms with van der Waals surface area (Å²) in [5.74, 6) is 1.63. The van der Waals surface area contributed by atoms with Crippen LogP contribution in [0.2, 0.25) is 0 Å². The van der Waals surface area contributed by atoms with Crippen LogP contribution in [-0.2, 0) is 11.3 Å². The summed E-state index contributed by atoms with van der Waals surface area (Å²) >= 11 is 1.71. The van der Waals surface area contributed by atoms with Crippen molar-refractivity contribution in [1.82, 2.24) is 9.88 Å². The van der Waals surface area contributed by atoms with Crippen molar-refractivity contribution < 1.29 is 14.2 Å². The Bertz CT molecular complexity index is 932. The molecule has 0 unspecified atom stereocenters. The summed E-state index contributed by atoms with van der Waals surface area (Å²) in [6.07, 6.45) is 2.62. The molecule has 0 N–H and O–H groups in total. The molecule has 1 atom stereocenters. The number of nitrogens with zero attached hydrogens (tertiary/aromatic N) is 2. The SMILES string of the molecule is COc1cc(-c2nc3ccccc3s2)cc2c1OCN(C[C@H]1CCCO1)C2. The maximum atomic E-state index is 6.05. The van der Waals surface area contributed by atoms with Crippen LogP contribution in [0.5, 0.6) is 11.5 Å². The topological polar surface area (TPSA) is 43.8 Å². The quantitative estimate of drug-likeness (QED) is 0.673. The number of fused-ring (bicyclic) bond motifs is 2. The van der Waals surface area contributed by atoms with E-state index < -0.39 is 0 Å². The van der Waals surface area contributed by atoms with Crippen LogP contribution < -0.4 is 9.47 Å². The standard InChI is InChI=1S/C21H22N2O3S/c1-24-18-10-14(21-22-17-6-2-3-7-19(17)27-21)9-15-11-23(13-26-20(15)18)12-16-5-4-8-25-16/h2-3,6-7,9-10,16H,4-5,8,11-13H2,1H3/t16-/m1/s1. The first-order valence-corrected chi connectivity index (χ1v) is 10.2. The van der Waals surface area contributed by atoms with Gasteiger partial charge in [0.05, 0.1) is 23.4 Å². The van der Waals surface area contributed by atoms with E-state index in [1.807, 2.05) is 12.1 Å². The van der Waals surface area contributed by atoms with E-state index in [0.717, 1.165) is 65.7 Å².